The maximum atomic E-state index is 13.4. The molecule has 1 aromatic heterocycles. The summed E-state index contributed by atoms with van der Waals surface area (Å²) in [4.78, 5) is 30.7. The van der Waals surface area contributed by atoms with E-state index in [0.29, 0.717) is 21.8 Å². The predicted octanol–water partition coefficient (Wildman–Crippen LogP) is 5.73. The smallest absolute Gasteiger partial charge is 0.266 e. The van der Waals surface area contributed by atoms with Crippen molar-refractivity contribution >= 4 is 34.8 Å². The van der Waals surface area contributed by atoms with Gasteiger partial charge in [0.15, 0.2) is 5.16 Å². The Balaban J connectivity index is 1.29. The van der Waals surface area contributed by atoms with Gasteiger partial charge >= 0.3 is 0 Å². The number of thioether (sulfide) groups is 1. The van der Waals surface area contributed by atoms with E-state index in [-0.39, 0.29) is 17.2 Å². The van der Waals surface area contributed by atoms with Crippen molar-refractivity contribution in [2.45, 2.75) is 12.1 Å². The van der Waals surface area contributed by atoms with Crippen molar-refractivity contribution in [1.29, 1.82) is 0 Å². The van der Waals surface area contributed by atoms with E-state index in [4.69, 9.17) is 9.72 Å². The lowest BCUT2D eigenvalue weighted by Gasteiger charge is -2.14. The Bertz CT molecular complexity index is 1680. The molecule has 0 atom stereocenters. The summed E-state index contributed by atoms with van der Waals surface area (Å²) < 4.78 is 7.41. The summed E-state index contributed by atoms with van der Waals surface area (Å²) in [7, 11) is 0. The van der Waals surface area contributed by atoms with Gasteiger partial charge < -0.3 is 4.74 Å². The zero-order chi connectivity index (χ0) is 26.3. The van der Waals surface area contributed by atoms with E-state index in [1.54, 1.807) is 22.9 Å². The molecule has 0 aliphatic carbocycles. The van der Waals surface area contributed by atoms with Crippen molar-refractivity contribution < 1.29 is 9.53 Å². The van der Waals surface area contributed by atoms with Gasteiger partial charge in [-0.2, -0.15) is 5.10 Å². The molecular formula is C30H24N4O3S. The van der Waals surface area contributed by atoms with Gasteiger partial charge in [-0.25, -0.2) is 10.4 Å². The van der Waals surface area contributed by atoms with Gasteiger partial charge in [-0.05, 0) is 60.5 Å². The number of benzene rings is 4. The first-order valence-corrected chi connectivity index (χ1v) is 12.9. The Morgan fingerprint density at radius 3 is 2.53 bits per heavy atom. The van der Waals surface area contributed by atoms with Gasteiger partial charge in [-0.15, -0.1) is 0 Å². The molecular weight excluding hydrogens is 496 g/mol. The zero-order valence-corrected chi connectivity index (χ0v) is 21.4. The minimum atomic E-state index is -0.318. The molecule has 4 aromatic carbocycles. The molecule has 7 nitrogen and oxygen atoms in total. The predicted molar refractivity (Wildman–Crippen MR) is 151 cm³/mol. The molecule has 0 fully saturated rings. The quantitative estimate of drug-likeness (QED) is 0.122. The maximum absolute atomic E-state index is 13.4. The largest absolute Gasteiger partial charge is 0.457 e. The van der Waals surface area contributed by atoms with Crippen LogP contribution in [0.1, 0.15) is 11.1 Å². The topological polar surface area (TPSA) is 85.6 Å². The minimum absolute atomic E-state index is 0.0329. The number of aryl methyl sites for hydroxylation is 1. The van der Waals surface area contributed by atoms with Crippen LogP contribution in [0.5, 0.6) is 11.5 Å². The van der Waals surface area contributed by atoms with Crippen LogP contribution in [0.2, 0.25) is 0 Å². The molecule has 1 amide bonds. The van der Waals surface area contributed by atoms with Crippen LogP contribution in [0, 0.1) is 6.92 Å². The number of fused-ring (bicyclic) bond motifs is 1. The Morgan fingerprint density at radius 1 is 0.947 bits per heavy atom. The Hall–Kier alpha value is -4.69. The number of nitrogens with one attached hydrogen (secondary N) is 1. The summed E-state index contributed by atoms with van der Waals surface area (Å²) in [6.45, 7) is 1.94. The summed E-state index contributed by atoms with van der Waals surface area (Å²) in [5, 5.41) is 5.04. The number of para-hydroxylation sites is 3. The number of carbonyl (C=O) groups excluding carboxylic acids is 1. The molecule has 1 N–H and O–H groups in total. The van der Waals surface area contributed by atoms with E-state index >= 15 is 0 Å². The maximum Gasteiger partial charge on any atom is 0.266 e. The third kappa shape index (κ3) is 5.82. The summed E-state index contributed by atoms with van der Waals surface area (Å²) in [6, 6.07) is 31.7. The highest BCUT2D eigenvalue weighted by Gasteiger charge is 2.15. The average molecular weight is 521 g/mol. The van der Waals surface area contributed by atoms with Gasteiger partial charge in [0.05, 0.1) is 28.6 Å². The first kappa shape index (κ1) is 25.0. The number of aromatic nitrogens is 2. The monoisotopic (exact) mass is 520 g/mol. The number of amides is 1. The lowest BCUT2D eigenvalue weighted by Crippen LogP contribution is -2.24. The van der Waals surface area contributed by atoms with Crippen LogP contribution < -0.4 is 15.7 Å². The van der Waals surface area contributed by atoms with Crippen LogP contribution >= 0.6 is 11.8 Å². The lowest BCUT2D eigenvalue weighted by molar-refractivity contribution is -0.118. The molecule has 8 heteroatoms. The molecule has 0 radical (unpaired) electrons. The number of carbonyl (C=O) groups is 1. The van der Waals surface area contributed by atoms with E-state index in [9.17, 15) is 9.59 Å². The third-order valence-electron chi connectivity index (χ3n) is 5.67. The van der Waals surface area contributed by atoms with Crippen LogP contribution in [0.25, 0.3) is 16.6 Å². The van der Waals surface area contributed by atoms with Gasteiger partial charge in [0.2, 0.25) is 0 Å². The highest BCUT2D eigenvalue weighted by Crippen LogP contribution is 2.23. The molecule has 5 aromatic rings. The van der Waals surface area contributed by atoms with Crippen molar-refractivity contribution in [2.75, 3.05) is 5.75 Å². The number of rotatable bonds is 8. The normalized spacial score (nSPS) is 11.1. The fraction of sp³-hybridized carbons (Fsp3) is 0.0667. The van der Waals surface area contributed by atoms with Gasteiger partial charge in [-0.3, -0.25) is 14.2 Å². The number of hydrogen-bond donors (Lipinski definition) is 1. The van der Waals surface area contributed by atoms with Crippen molar-refractivity contribution in [3.8, 4) is 17.2 Å². The van der Waals surface area contributed by atoms with Crippen LogP contribution in [-0.2, 0) is 4.79 Å². The lowest BCUT2D eigenvalue weighted by atomic mass is 10.2. The number of hydrogen-bond acceptors (Lipinski definition) is 6. The summed E-state index contributed by atoms with van der Waals surface area (Å²) in [5.74, 6) is 1.11. The van der Waals surface area contributed by atoms with Crippen molar-refractivity contribution in [3.63, 3.8) is 0 Å². The molecule has 0 saturated heterocycles. The van der Waals surface area contributed by atoms with E-state index in [0.717, 1.165) is 22.6 Å². The van der Waals surface area contributed by atoms with E-state index in [2.05, 4.69) is 10.5 Å². The number of ether oxygens (including phenoxy) is 1. The Morgan fingerprint density at radius 2 is 1.68 bits per heavy atom. The Kier molecular flexibility index (Phi) is 7.61. The average Bonchev–Trinajstić information content (AvgIpc) is 2.93. The van der Waals surface area contributed by atoms with Crippen molar-refractivity contribution in [3.05, 3.63) is 125 Å². The summed E-state index contributed by atoms with van der Waals surface area (Å²) in [5.41, 5.74) is 5.39. The van der Waals surface area contributed by atoms with E-state index in [1.807, 2.05) is 97.9 Å². The number of nitrogens with zero attached hydrogens (tertiary/aromatic N) is 3. The van der Waals surface area contributed by atoms with Crippen LogP contribution in [0.4, 0.5) is 0 Å². The highest BCUT2D eigenvalue weighted by atomic mass is 32.2. The third-order valence-corrected chi connectivity index (χ3v) is 6.61. The second-order valence-corrected chi connectivity index (χ2v) is 9.35. The fourth-order valence-corrected chi connectivity index (χ4v) is 4.66. The standard InChI is InChI=1S/C30H24N4O3S/c1-21-10-5-8-17-27(21)34-29(36)25-15-6-7-16-26(25)32-30(34)38-20-28(35)33-31-19-22-11-9-14-24(18-22)37-23-12-3-2-4-13-23/h2-19H,20H2,1H3,(H,33,35). The summed E-state index contributed by atoms with van der Waals surface area (Å²) >= 11 is 1.18. The van der Waals surface area contributed by atoms with Crippen LogP contribution in [-0.4, -0.2) is 27.4 Å². The van der Waals surface area contributed by atoms with Gasteiger partial charge in [0, 0.05) is 0 Å². The molecule has 0 spiro atoms. The highest BCUT2D eigenvalue weighted by molar-refractivity contribution is 7.99. The second kappa shape index (κ2) is 11.6. The molecule has 0 unspecified atom stereocenters. The minimum Gasteiger partial charge on any atom is -0.457 e. The first-order chi connectivity index (χ1) is 18.6. The van der Waals surface area contributed by atoms with Crippen LogP contribution in [0.15, 0.2) is 118 Å². The van der Waals surface area contributed by atoms with Gasteiger partial charge in [-0.1, -0.05) is 72.4 Å². The zero-order valence-electron chi connectivity index (χ0n) is 20.6. The van der Waals surface area contributed by atoms with Crippen molar-refractivity contribution in [2.24, 2.45) is 5.10 Å². The Labute approximate surface area is 223 Å². The van der Waals surface area contributed by atoms with E-state index < -0.39 is 0 Å². The van der Waals surface area contributed by atoms with Crippen LogP contribution in [0.3, 0.4) is 0 Å². The SMILES string of the molecule is Cc1ccccc1-n1c(SCC(=O)NN=Cc2cccc(Oc3ccccc3)c2)nc2ccccc2c1=O. The van der Waals surface area contributed by atoms with E-state index in [1.165, 1.54) is 11.8 Å². The van der Waals surface area contributed by atoms with Gasteiger partial charge in [0.1, 0.15) is 11.5 Å². The molecule has 5 rings (SSSR count). The molecule has 0 bridgehead atoms. The molecule has 188 valence electrons. The number of hydrazone groups is 1. The fourth-order valence-electron chi connectivity index (χ4n) is 3.86. The first-order valence-electron chi connectivity index (χ1n) is 11.9. The molecule has 1 heterocycles. The van der Waals surface area contributed by atoms with Gasteiger partial charge in [0.25, 0.3) is 11.5 Å². The van der Waals surface area contributed by atoms with Crippen molar-refractivity contribution in [1.82, 2.24) is 15.0 Å². The second-order valence-electron chi connectivity index (χ2n) is 8.41. The molecule has 38 heavy (non-hydrogen) atoms. The molecule has 0 saturated carbocycles. The molecule has 0 aliphatic rings. The summed E-state index contributed by atoms with van der Waals surface area (Å²) in [6.07, 6.45) is 1.55. The molecule has 0 aliphatic heterocycles.